The van der Waals surface area contributed by atoms with Gasteiger partial charge in [-0.1, -0.05) is 38.5 Å². The molecule has 4 rings (SSSR count). The lowest BCUT2D eigenvalue weighted by Gasteiger charge is -2.31. The molecule has 0 amide bonds. The molecule has 1 aliphatic carbocycles. The van der Waals surface area contributed by atoms with Gasteiger partial charge in [0.25, 0.3) is 0 Å². The van der Waals surface area contributed by atoms with Crippen LogP contribution in [0.1, 0.15) is 48.9 Å². The highest BCUT2D eigenvalue weighted by Crippen LogP contribution is 2.39. The number of fused-ring (bicyclic) bond motifs is 3. The fraction of sp³-hybridized carbons (Fsp3) is 0.435. The van der Waals surface area contributed by atoms with Crippen molar-refractivity contribution in [3.05, 3.63) is 59.5 Å². The number of benzene rings is 1. The van der Waals surface area contributed by atoms with Crippen LogP contribution < -0.4 is 0 Å². The van der Waals surface area contributed by atoms with E-state index in [2.05, 4.69) is 72.5 Å². The lowest BCUT2D eigenvalue weighted by Crippen LogP contribution is -2.35. The quantitative estimate of drug-likeness (QED) is 0.630. The molecule has 1 aliphatic rings. The van der Waals surface area contributed by atoms with Crippen LogP contribution in [0.15, 0.2) is 42.6 Å². The number of carbonyl (C=O) groups is 1. The second kappa shape index (κ2) is 6.79. The lowest BCUT2D eigenvalue weighted by atomic mass is 9.75. The van der Waals surface area contributed by atoms with Crippen LogP contribution >= 0.6 is 0 Å². The van der Waals surface area contributed by atoms with Crippen LogP contribution in [-0.4, -0.2) is 14.9 Å². The molecule has 0 saturated carbocycles. The van der Waals surface area contributed by atoms with Crippen molar-refractivity contribution >= 4 is 16.7 Å². The average Bonchev–Trinajstić information content (AvgIpc) is 3.25. The Morgan fingerprint density at radius 1 is 1.08 bits per heavy atom. The number of Topliss-reactive ketones (excluding diaryl/α,β-unsaturated/α-hetero) is 1. The summed E-state index contributed by atoms with van der Waals surface area (Å²) in [6, 6.07) is 12.7. The molecule has 2 atom stereocenters. The van der Waals surface area contributed by atoms with Crippen LogP contribution in [0.3, 0.4) is 0 Å². The zero-order valence-electron chi connectivity index (χ0n) is 16.0. The van der Waals surface area contributed by atoms with E-state index in [4.69, 9.17) is 0 Å². The second-order valence-corrected chi connectivity index (χ2v) is 7.43. The highest BCUT2D eigenvalue weighted by atomic mass is 16.1. The van der Waals surface area contributed by atoms with Crippen molar-refractivity contribution in [2.45, 2.75) is 53.1 Å². The van der Waals surface area contributed by atoms with Crippen molar-refractivity contribution in [3.63, 3.8) is 0 Å². The molecule has 0 N–H and O–H groups in total. The number of rotatable bonds is 5. The van der Waals surface area contributed by atoms with Gasteiger partial charge in [0.1, 0.15) is 0 Å². The zero-order valence-corrected chi connectivity index (χ0v) is 16.0. The number of nitrogens with zero attached hydrogens (tertiary/aromatic N) is 2. The molecule has 3 nitrogen and oxygen atoms in total. The predicted octanol–water partition coefficient (Wildman–Crippen LogP) is 5.11. The number of aryl methyl sites for hydroxylation is 2. The van der Waals surface area contributed by atoms with Crippen molar-refractivity contribution in [3.8, 4) is 0 Å². The van der Waals surface area contributed by atoms with Gasteiger partial charge in [0.05, 0.1) is 0 Å². The summed E-state index contributed by atoms with van der Waals surface area (Å²) in [5.74, 6) is 0.829. The average molecular weight is 348 g/mol. The number of carbonyl (C=O) groups excluding carboxylic acids is 1. The van der Waals surface area contributed by atoms with E-state index in [9.17, 15) is 4.79 Å². The lowest BCUT2D eigenvalue weighted by molar-refractivity contribution is 0.0826. The Balaban J connectivity index is 1.81. The summed E-state index contributed by atoms with van der Waals surface area (Å²) in [5, 5.41) is 1.14. The summed E-state index contributed by atoms with van der Waals surface area (Å²) in [6.07, 6.45) is 5.19. The molecule has 0 radical (unpaired) electrons. The van der Waals surface area contributed by atoms with Gasteiger partial charge in [-0.3, -0.25) is 4.79 Å². The Morgan fingerprint density at radius 2 is 1.88 bits per heavy atom. The van der Waals surface area contributed by atoms with Crippen LogP contribution in [0.25, 0.3) is 10.9 Å². The van der Waals surface area contributed by atoms with Gasteiger partial charge in [-0.05, 0) is 43.9 Å². The third kappa shape index (κ3) is 2.53. The van der Waals surface area contributed by atoms with Crippen molar-refractivity contribution in [1.82, 2.24) is 9.13 Å². The third-order valence-corrected chi connectivity index (χ3v) is 6.21. The topological polar surface area (TPSA) is 26.9 Å². The number of ketones is 1. The van der Waals surface area contributed by atoms with E-state index in [0.29, 0.717) is 11.7 Å². The number of aromatic nitrogens is 2. The molecule has 0 saturated heterocycles. The molecule has 2 aromatic heterocycles. The molecular weight excluding hydrogens is 320 g/mol. The van der Waals surface area contributed by atoms with Gasteiger partial charge in [-0.25, -0.2) is 0 Å². The minimum absolute atomic E-state index is 0.0707. The first-order chi connectivity index (χ1) is 12.7. The normalized spacial score (nSPS) is 19.9. The first kappa shape index (κ1) is 17.1. The molecule has 0 spiro atoms. The Hall–Kier alpha value is -2.29. The van der Waals surface area contributed by atoms with Crippen molar-refractivity contribution in [2.75, 3.05) is 0 Å². The molecule has 2 unspecified atom stereocenters. The number of hydrogen-bond donors (Lipinski definition) is 0. The van der Waals surface area contributed by atoms with E-state index in [1.54, 1.807) is 0 Å². The zero-order chi connectivity index (χ0) is 18.3. The van der Waals surface area contributed by atoms with E-state index in [1.807, 2.05) is 0 Å². The molecule has 136 valence electrons. The van der Waals surface area contributed by atoms with E-state index < -0.39 is 0 Å². The Bertz CT molecular complexity index is 946. The molecule has 0 aliphatic heterocycles. The summed E-state index contributed by atoms with van der Waals surface area (Å²) < 4.78 is 4.64. The van der Waals surface area contributed by atoms with Gasteiger partial charge >= 0.3 is 0 Å². The molecule has 26 heavy (non-hydrogen) atoms. The molecule has 2 heterocycles. The van der Waals surface area contributed by atoms with Crippen molar-refractivity contribution < 1.29 is 4.79 Å². The summed E-state index contributed by atoms with van der Waals surface area (Å²) in [7, 11) is 0. The maximum Gasteiger partial charge on any atom is 0.170 e. The van der Waals surface area contributed by atoms with Crippen LogP contribution in [0.5, 0.6) is 0 Å². The van der Waals surface area contributed by atoms with Crippen LogP contribution in [0.4, 0.5) is 0 Å². The van der Waals surface area contributed by atoms with Crippen LogP contribution in [-0.2, 0) is 25.9 Å². The first-order valence-electron chi connectivity index (χ1n) is 9.97. The van der Waals surface area contributed by atoms with E-state index in [-0.39, 0.29) is 5.92 Å². The fourth-order valence-corrected chi connectivity index (χ4v) is 4.82. The maximum absolute atomic E-state index is 13.6. The summed E-state index contributed by atoms with van der Waals surface area (Å²) in [4.78, 5) is 13.6. The van der Waals surface area contributed by atoms with Crippen LogP contribution in [0, 0.1) is 11.8 Å². The SMILES string of the molecule is CCc1cccn1CC1C(=O)c2c(n(CC)c3ccccc23)CC1CC. The smallest absolute Gasteiger partial charge is 0.170 e. The number of para-hydroxylation sites is 1. The summed E-state index contributed by atoms with van der Waals surface area (Å²) in [6.45, 7) is 8.31. The minimum atomic E-state index is 0.0707. The van der Waals surface area contributed by atoms with Crippen molar-refractivity contribution in [1.29, 1.82) is 0 Å². The first-order valence-corrected chi connectivity index (χ1v) is 9.97. The summed E-state index contributed by atoms with van der Waals surface area (Å²) >= 11 is 0. The van der Waals surface area contributed by atoms with Gasteiger partial charge in [0.15, 0.2) is 5.78 Å². The van der Waals surface area contributed by atoms with E-state index >= 15 is 0 Å². The Labute approximate surface area is 155 Å². The predicted molar refractivity (Wildman–Crippen MR) is 107 cm³/mol. The van der Waals surface area contributed by atoms with E-state index in [1.165, 1.54) is 16.9 Å². The maximum atomic E-state index is 13.6. The Morgan fingerprint density at radius 3 is 2.62 bits per heavy atom. The largest absolute Gasteiger partial charge is 0.351 e. The molecule has 3 heteroatoms. The molecule has 1 aromatic carbocycles. The summed E-state index contributed by atoms with van der Waals surface area (Å²) in [5.41, 5.74) is 4.76. The Kier molecular flexibility index (Phi) is 4.47. The minimum Gasteiger partial charge on any atom is -0.351 e. The highest BCUT2D eigenvalue weighted by Gasteiger charge is 2.38. The van der Waals surface area contributed by atoms with Crippen LogP contribution in [0.2, 0.25) is 0 Å². The van der Waals surface area contributed by atoms with Gasteiger partial charge in [-0.15, -0.1) is 0 Å². The standard InChI is InChI=1S/C23H28N2O/c1-4-16-14-21-22(18-11-7-8-12-20(18)25(21)6-3)23(26)19(16)15-24-13-9-10-17(24)5-2/h7-13,16,19H,4-6,14-15H2,1-3H3. The number of hydrogen-bond acceptors (Lipinski definition) is 1. The molecular formula is C23H28N2O. The van der Waals surface area contributed by atoms with Crippen molar-refractivity contribution in [2.24, 2.45) is 11.8 Å². The molecule has 0 bridgehead atoms. The van der Waals surface area contributed by atoms with E-state index in [0.717, 1.165) is 43.3 Å². The van der Waals surface area contributed by atoms with Gasteiger partial charge in [0.2, 0.25) is 0 Å². The third-order valence-electron chi connectivity index (χ3n) is 6.21. The monoisotopic (exact) mass is 348 g/mol. The molecule has 3 aromatic rings. The highest BCUT2D eigenvalue weighted by molar-refractivity contribution is 6.11. The van der Waals surface area contributed by atoms with Gasteiger partial charge in [-0.2, -0.15) is 0 Å². The fourth-order valence-electron chi connectivity index (χ4n) is 4.82. The molecule has 0 fully saturated rings. The van der Waals surface area contributed by atoms with Gasteiger partial charge in [0, 0.05) is 53.1 Å². The van der Waals surface area contributed by atoms with Gasteiger partial charge < -0.3 is 9.13 Å². The second-order valence-electron chi connectivity index (χ2n) is 7.43.